The van der Waals surface area contributed by atoms with Crippen molar-refractivity contribution < 1.29 is 9.18 Å². The van der Waals surface area contributed by atoms with E-state index in [2.05, 4.69) is 26.6 Å². The Morgan fingerprint density at radius 2 is 2.24 bits per heavy atom. The van der Waals surface area contributed by atoms with E-state index in [1.807, 2.05) is 6.92 Å². The highest BCUT2D eigenvalue weighted by atomic mass is 79.9. The van der Waals surface area contributed by atoms with E-state index >= 15 is 0 Å². The highest BCUT2D eigenvalue weighted by Crippen LogP contribution is 2.15. The van der Waals surface area contributed by atoms with Gasteiger partial charge in [-0.25, -0.2) is 4.39 Å². The lowest BCUT2D eigenvalue weighted by Gasteiger charge is -2.07. The number of hydrogen-bond acceptors (Lipinski definition) is 2. The number of halogens is 2. The quantitative estimate of drug-likeness (QED) is 0.791. The van der Waals surface area contributed by atoms with E-state index in [0.717, 1.165) is 11.0 Å². The zero-order valence-electron chi connectivity index (χ0n) is 9.72. The Labute approximate surface area is 109 Å². The van der Waals surface area contributed by atoms with E-state index in [1.54, 1.807) is 12.1 Å². The molecule has 0 bridgehead atoms. The highest BCUT2D eigenvalue weighted by Gasteiger charge is 2.05. The first kappa shape index (κ1) is 14.1. The number of carbonyl (C=O) groups excluding carboxylic acids is 1. The summed E-state index contributed by atoms with van der Waals surface area (Å²) < 4.78 is 14.1. The SMILES string of the molecule is CCNCCC(=O)NCc1cc(Br)ccc1F. The van der Waals surface area contributed by atoms with Gasteiger partial charge >= 0.3 is 0 Å². The summed E-state index contributed by atoms with van der Waals surface area (Å²) in [4.78, 5) is 11.4. The predicted molar refractivity (Wildman–Crippen MR) is 69.1 cm³/mol. The summed E-state index contributed by atoms with van der Waals surface area (Å²) in [6, 6.07) is 4.68. The lowest BCUT2D eigenvalue weighted by atomic mass is 10.2. The van der Waals surface area contributed by atoms with Gasteiger partial charge in [0.05, 0.1) is 0 Å². The molecule has 0 aliphatic heterocycles. The summed E-state index contributed by atoms with van der Waals surface area (Å²) in [6.45, 7) is 3.68. The van der Waals surface area contributed by atoms with Crippen molar-refractivity contribution in [2.24, 2.45) is 0 Å². The van der Waals surface area contributed by atoms with Gasteiger partial charge in [0.1, 0.15) is 5.82 Å². The van der Waals surface area contributed by atoms with Crippen LogP contribution < -0.4 is 10.6 Å². The number of amides is 1. The smallest absolute Gasteiger partial charge is 0.221 e. The van der Waals surface area contributed by atoms with Crippen LogP contribution in [0.15, 0.2) is 22.7 Å². The van der Waals surface area contributed by atoms with Gasteiger partial charge in [0.25, 0.3) is 0 Å². The molecule has 0 radical (unpaired) electrons. The third-order valence-electron chi connectivity index (χ3n) is 2.26. The first-order valence-electron chi connectivity index (χ1n) is 5.54. The second kappa shape index (κ2) is 7.40. The van der Waals surface area contributed by atoms with Gasteiger partial charge in [0, 0.05) is 29.5 Å². The van der Waals surface area contributed by atoms with Crippen LogP contribution in [0.5, 0.6) is 0 Å². The first-order valence-corrected chi connectivity index (χ1v) is 6.34. The third kappa shape index (κ3) is 5.28. The van der Waals surface area contributed by atoms with Crippen molar-refractivity contribution in [3.63, 3.8) is 0 Å². The van der Waals surface area contributed by atoms with Crippen molar-refractivity contribution in [2.45, 2.75) is 19.9 Å². The minimum absolute atomic E-state index is 0.0784. The van der Waals surface area contributed by atoms with Crippen LogP contribution in [-0.2, 0) is 11.3 Å². The van der Waals surface area contributed by atoms with Gasteiger partial charge in [-0.2, -0.15) is 0 Å². The van der Waals surface area contributed by atoms with Gasteiger partial charge in [-0.15, -0.1) is 0 Å². The Kier molecular flexibility index (Phi) is 6.15. The van der Waals surface area contributed by atoms with E-state index in [9.17, 15) is 9.18 Å². The maximum Gasteiger partial charge on any atom is 0.221 e. The summed E-state index contributed by atoms with van der Waals surface area (Å²) in [7, 11) is 0. The topological polar surface area (TPSA) is 41.1 Å². The van der Waals surface area contributed by atoms with Crippen LogP contribution >= 0.6 is 15.9 Å². The van der Waals surface area contributed by atoms with Gasteiger partial charge < -0.3 is 10.6 Å². The molecule has 0 heterocycles. The molecule has 0 spiro atoms. The van der Waals surface area contributed by atoms with E-state index in [4.69, 9.17) is 0 Å². The predicted octanol–water partition coefficient (Wildman–Crippen LogP) is 2.20. The van der Waals surface area contributed by atoms with Crippen molar-refractivity contribution >= 4 is 21.8 Å². The van der Waals surface area contributed by atoms with E-state index in [0.29, 0.717) is 18.5 Å². The lowest BCUT2D eigenvalue weighted by molar-refractivity contribution is -0.121. The standard InChI is InChI=1S/C12H16BrFN2O/c1-2-15-6-5-12(17)16-8-9-7-10(13)3-4-11(9)14/h3-4,7,15H,2,5-6,8H2,1H3,(H,16,17). The van der Waals surface area contributed by atoms with Crippen LogP contribution in [0.25, 0.3) is 0 Å². The molecule has 1 rings (SSSR count). The van der Waals surface area contributed by atoms with Crippen molar-refractivity contribution in [3.05, 3.63) is 34.1 Å². The maximum absolute atomic E-state index is 13.3. The molecule has 0 fully saturated rings. The van der Waals surface area contributed by atoms with Gasteiger partial charge in [-0.1, -0.05) is 22.9 Å². The van der Waals surface area contributed by atoms with Crippen LogP contribution in [-0.4, -0.2) is 19.0 Å². The van der Waals surface area contributed by atoms with Crippen LogP contribution in [0.1, 0.15) is 18.9 Å². The van der Waals surface area contributed by atoms with Crippen LogP contribution in [0.4, 0.5) is 4.39 Å². The molecule has 5 heteroatoms. The summed E-state index contributed by atoms with van der Waals surface area (Å²) in [6.07, 6.45) is 0.406. The lowest BCUT2D eigenvalue weighted by Crippen LogP contribution is -2.27. The van der Waals surface area contributed by atoms with Gasteiger partial charge in [-0.05, 0) is 24.7 Å². The van der Waals surface area contributed by atoms with Crippen LogP contribution in [0.3, 0.4) is 0 Å². The van der Waals surface area contributed by atoms with Crippen LogP contribution in [0, 0.1) is 5.82 Å². The fourth-order valence-corrected chi connectivity index (χ4v) is 1.75. The Hall–Kier alpha value is -0.940. The van der Waals surface area contributed by atoms with Crippen molar-refractivity contribution in [1.29, 1.82) is 0 Å². The summed E-state index contributed by atoms with van der Waals surface area (Å²) in [5, 5.41) is 5.74. The maximum atomic E-state index is 13.3. The fraction of sp³-hybridized carbons (Fsp3) is 0.417. The molecule has 2 N–H and O–H groups in total. The molecule has 1 aromatic rings. The zero-order valence-corrected chi connectivity index (χ0v) is 11.3. The molecule has 17 heavy (non-hydrogen) atoms. The molecule has 94 valence electrons. The summed E-state index contributed by atoms with van der Waals surface area (Å²) >= 11 is 3.27. The minimum Gasteiger partial charge on any atom is -0.352 e. The molecule has 0 saturated carbocycles. The normalized spacial score (nSPS) is 10.3. The fourth-order valence-electron chi connectivity index (χ4n) is 1.34. The van der Waals surface area contributed by atoms with Crippen molar-refractivity contribution in [1.82, 2.24) is 10.6 Å². The Bertz CT molecular complexity index is 385. The molecule has 0 aliphatic rings. The second-order valence-electron chi connectivity index (χ2n) is 3.62. The molecule has 0 saturated heterocycles. The number of hydrogen-bond donors (Lipinski definition) is 2. The summed E-state index contributed by atoms with van der Waals surface area (Å²) in [5.74, 6) is -0.384. The number of carbonyl (C=O) groups is 1. The van der Waals surface area contributed by atoms with Crippen molar-refractivity contribution in [2.75, 3.05) is 13.1 Å². The Morgan fingerprint density at radius 3 is 2.94 bits per heavy atom. The monoisotopic (exact) mass is 302 g/mol. The largest absolute Gasteiger partial charge is 0.352 e. The Morgan fingerprint density at radius 1 is 1.47 bits per heavy atom. The van der Waals surface area contributed by atoms with E-state index < -0.39 is 0 Å². The van der Waals surface area contributed by atoms with Gasteiger partial charge in [0.15, 0.2) is 0 Å². The van der Waals surface area contributed by atoms with Crippen LogP contribution in [0.2, 0.25) is 0 Å². The van der Waals surface area contributed by atoms with E-state index in [-0.39, 0.29) is 18.3 Å². The summed E-state index contributed by atoms with van der Waals surface area (Å²) in [5.41, 5.74) is 0.483. The molecular formula is C12H16BrFN2O. The third-order valence-corrected chi connectivity index (χ3v) is 2.76. The minimum atomic E-state index is -0.305. The molecule has 1 aromatic carbocycles. The molecule has 0 unspecified atom stereocenters. The average Bonchev–Trinajstić information content (AvgIpc) is 2.31. The molecule has 0 atom stereocenters. The number of nitrogens with one attached hydrogen (secondary N) is 2. The molecule has 1 amide bonds. The molecular weight excluding hydrogens is 287 g/mol. The molecule has 0 aromatic heterocycles. The molecule has 3 nitrogen and oxygen atoms in total. The second-order valence-corrected chi connectivity index (χ2v) is 4.53. The highest BCUT2D eigenvalue weighted by molar-refractivity contribution is 9.10. The zero-order chi connectivity index (χ0) is 12.7. The Balaban J connectivity index is 2.39. The average molecular weight is 303 g/mol. The first-order chi connectivity index (χ1) is 8.13. The van der Waals surface area contributed by atoms with Gasteiger partial charge in [-0.3, -0.25) is 4.79 Å². The van der Waals surface area contributed by atoms with Crippen molar-refractivity contribution in [3.8, 4) is 0 Å². The number of rotatable bonds is 6. The number of benzene rings is 1. The molecule has 0 aliphatic carbocycles. The van der Waals surface area contributed by atoms with Gasteiger partial charge in [0.2, 0.25) is 5.91 Å². The van der Waals surface area contributed by atoms with E-state index in [1.165, 1.54) is 6.07 Å².